The van der Waals surface area contributed by atoms with Crippen LogP contribution in [0.4, 0.5) is 0 Å². The maximum Gasteiger partial charge on any atom is 0.246 e. The molecule has 1 aromatic carbocycles. The van der Waals surface area contributed by atoms with E-state index in [1.54, 1.807) is 18.0 Å². The summed E-state index contributed by atoms with van der Waals surface area (Å²) in [6.45, 7) is 5.75. The van der Waals surface area contributed by atoms with Crippen LogP contribution < -0.4 is 0 Å². The van der Waals surface area contributed by atoms with E-state index in [1.165, 1.54) is 16.4 Å². The molecule has 1 heterocycles. The molecule has 0 aromatic heterocycles. The minimum absolute atomic E-state index is 0.0282. The maximum absolute atomic E-state index is 12.8. The number of halogens is 2. The molecule has 1 amide bonds. The van der Waals surface area contributed by atoms with E-state index < -0.39 is 10.0 Å². The normalized spacial score (nSPS) is 17.0. The van der Waals surface area contributed by atoms with Crippen LogP contribution in [-0.2, 0) is 14.8 Å². The third-order valence-corrected chi connectivity index (χ3v) is 7.23. The minimum atomic E-state index is -3.76. The quantitative estimate of drug-likeness (QED) is 0.749. The Morgan fingerprint density at radius 2 is 1.68 bits per heavy atom. The molecular weight excluding hydrogens is 385 g/mol. The number of rotatable bonds is 5. The predicted octanol–water partition coefficient (Wildman–Crippen LogP) is 2.17. The van der Waals surface area contributed by atoms with Crippen LogP contribution in [-0.4, -0.2) is 74.2 Å². The van der Waals surface area contributed by atoms with Crippen molar-refractivity contribution < 1.29 is 13.2 Å². The molecule has 0 radical (unpaired) electrons. The van der Waals surface area contributed by atoms with Crippen molar-refractivity contribution in [1.29, 1.82) is 0 Å². The zero-order valence-electron chi connectivity index (χ0n) is 14.6. The first-order valence-electron chi connectivity index (χ1n) is 8.06. The fraction of sp³-hybridized carbons (Fsp3) is 0.562. The molecule has 2 rings (SSSR count). The standard InChI is InChI=1S/C16H23Cl2N3O3S/c1-12(2)19(3)15(22)11-20-7-9-21(10-8-20)25(23,24)16-13(17)5-4-6-14(16)18/h4-6,12H,7-11H2,1-3H3. The fourth-order valence-corrected chi connectivity index (χ4v) is 5.09. The Labute approximate surface area is 159 Å². The maximum atomic E-state index is 12.8. The average Bonchev–Trinajstić information content (AvgIpc) is 2.54. The van der Waals surface area contributed by atoms with Crippen LogP contribution in [0.5, 0.6) is 0 Å². The molecule has 1 fully saturated rings. The molecule has 1 aromatic rings. The minimum Gasteiger partial charge on any atom is -0.342 e. The first kappa shape index (κ1) is 20.5. The molecule has 0 unspecified atom stereocenters. The topological polar surface area (TPSA) is 60.9 Å². The van der Waals surface area contributed by atoms with Gasteiger partial charge in [-0.3, -0.25) is 9.69 Å². The molecule has 25 heavy (non-hydrogen) atoms. The SMILES string of the molecule is CC(C)N(C)C(=O)CN1CCN(S(=O)(=O)c2c(Cl)cccc2Cl)CC1. The molecule has 140 valence electrons. The van der Waals surface area contributed by atoms with E-state index in [1.807, 2.05) is 18.7 Å². The van der Waals surface area contributed by atoms with Gasteiger partial charge < -0.3 is 4.90 Å². The lowest BCUT2D eigenvalue weighted by Crippen LogP contribution is -2.51. The van der Waals surface area contributed by atoms with Gasteiger partial charge >= 0.3 is 0 Å². The van der Waals surface area contributed by atoms with Gasteiger partial charge in [-0.1, -0.05) is 29.3 Å². The lowest BCUT2D eigenvalue weighted by Gasteiger charge is -2.35. The molecule has 9 heteroatoms. The van der Waals surface area contributed by atoms with E-state index >= 15 is 0 Å². The van der Waals surface area contributed by atoms with Gasteiger partial charge in [-0.15, -0.1) is 0 Å². The number of piperazine rings is 1. The molecule has 1 aliphatic rings. The Hall–Kier alpha value is -0.860. The molecule has 0 spiro atoms. The van der Waals surface area contributed by atoms with Crippen molar-refractivity contribution in [1.82, 2.24) is 14.1 Å². The van der Waals surface area contributed by atoms with Crippen LogP contribution in [0.15, 0.2) is 23.1 Å². The van der Waals surface area contributed by atoms with Crippen LogP contribution >= 0.6 is 23.2 Å². The van der Waals surface area contributed by atoms with Crippen LogP contribution in [0.1, 0.15) is 13.8 Å². The average molecular weight is 408 g/mol. The Balaban J connectivity index is 2.03. The summed E-state index contributed by atoms with van der Waals surface area (Å²) in [7, 11) is -1.99. The van der Waals surface area contributed by atoms with Gasteiger partial charge in [0.1, 0.15) is 4.90 Å². The Bertz CT molecular complexity index is 712. The van der Waals surface area contributed by atoms with Gasteiger partial charge in [-0.25, -0.2) is 8.42 Å². The molecule has 0 aliphatic carbocycles. The number of benzene rings is 1. The van der Waals surface area contributed by atoms with Gasteiger partial charge in [-0.2, -0.15) is 4.31 Å². The number of amides is 1. The third kappa shape index (κ3) is 4.65. The van der Waals surface area contributed by atoms with Crippen molar-refractivity contribution in [3.05, 3.63) is 28.2 Å². The summed E-state index contributed by atoms with van der Waals surface area (Å²) in [6, 6.07) is 4.77. The third-order valence-electron chi connectivity index (χ3n) is 4.37. The molecule has 0 saturated carbocycles. The van der Waals surface area contributed by atoms with Crippen LogP contribution in [0.2, 0.25) is 10.0 Å². The van der Waals surface area contributed by atoms with E-state index in [4.69, 9.17) is 23.2 Å². The van der Waals surface area contributed by atoms with Crippen molar-refractivity contribution in [3.8, 4) is 0 Å². The molecule has 6 nitrogen and oxygen atoms in total. The van der Waals surface area contributed by atoms with Gasteiger partial charge in [0.2, 0.25) is 15.9 Å². The second-order valence-corrected chi connectivity index (χ2v) is 9.02. The monoisotopic (exact) mass is 407 g/mol. The van der Waals surface area contributed by atoms with Crippen LogP contribution in [0.3, 0.4) is 0 Å². The van der Waals surface area contributed by atoms with Crippen LogP contribution in [0, 0.1) is 0 Å². The highest BCUT2D eigenvalue weighted by Gasteiger charge is 2.32. The highest BCUT2D eigenvalue weighted by atomic mass is 35.5. The highest BCUT2D eigenvalue weighted by molar-refractivity contribution is 7.89. The number of carbonyl (C=O) groups is 1. The zero-order chi connectivity index (χ0) is 18.8. The van der Waals surface area contributed by atoms with Crippen molar-refractivity contribution in [2.45, 2.75) is 24.8 Å². The lowest BCUT2D eigenvalue weighted by molar-refractivity contribution is -0.132. The lowest BCUT2D eigenvalue weighted by atomic mass is 10.3. The molecule has 0 atom stereocenters. The Morgan fingerprint density at radius 1 is 1.16 bits per heavy atom. The molecule has 0 bridgehead atoms. The van der Waals surface area contributed by atoms with Gasteiger partial charge in [0.05, 0.1) is 16.6 Å². The van der Waals surface area contributed by atoms with Crippen molar-refractivity contribution in [2.75, 3.05) is 39.8 Å². The fourth-order valence-electron chi connectivity index (χ4n) is 2.58. The first-order chi connectivity index (χ1) is 11.6. The predicted molar refractivity (Wildman–Crippen MR) is 99.6 cm³/mol. The Morgan fingerprint density at radius 3 is 2.16 bits per heavy atom. The second-order valence-electron chi connectivity index (χ2n) is 6.33. The van der Waals surface area contributed by atoms with E-state index in [0.717, 1.165) is 0 Å². The summed E-state index contributed by atoms with van der Waals surface area (Å²) in [5.41, 5.74) is 0. The molecular formula is C16H23Cl2N3O3S. The zero-order valence-corrected chi connectivity index (χ0v) is 16.9. The van der Waals surface area contributed by atoms with Gasteiger partial charge in [0, 0.05) is 39.3 Å². The number of hydrogen-bond acceptors (Lipinski definition) is 4. The number of nitrogens with zero attached hydrogens (tertiary/aromatic N) is 3. The van der Waals surface area contributed by atoms with E-state index in [2.05, 4.69) is 0 Å². The summed E-state index contributed by atoms with van der Waals surface area (Å²) >= 11 is 12.1. The molecule has 1 aliphatic heterocycles. The Kier molecular flexibility index (Phi) is 6.73. The van der Waals surface area contributed by atoms with E-state index in [0.29, 0.717) is 26.2 Å². The highest BCUT2D eigenvalue weighted by Crippen LogP contribution is 2.31. The summed E-state index contributed by atoms with van der Waals surface area (Å²) < 4.78 is 27.0. The summed E-state index contributed by atoms with van der Waals surface area (Å²) in [5, 5.41) is 0.229. The smallest absolute Gasteiger partial charge is 0.246 e. The summed E-state index contributed by atoms with van der Waals surface area (Å²) in [4.78, 5) is 15.8. The summed E-state index contributed by atoms with van der Waals surface area (Å²) in [6.07, 6.45) is 0. The van der Waals surface area contributed by atoms with Gasteiger partial charge in [-0.05, 0) is 26.0 Å². The van der Waals surface area contributed by atoms with Crippen molar-refractivity contribution >= 4 is 39.1 Å². The van der Waals surface area contributed by atoms with Crippen LogP contribution in [0.25, 0.3) is 0 Å². The first-order valence-corrected chi connectivity index (χ1v) is 10.3. The van der Waals surface area contributed by atoms with E-state index in [9.17, 15) is 13.2 Å². The van der Waals surface area contributed by atoms with Crippen molar-refractivity contribution in [3.63, 3.8) is 0 Å². The second kappa shape index (κ2) is 8.22. The van der Waals surface area contributed by atoms with Crippen molar-refractivity contribution in [2.24, 2.45) is 0 Å². The summed E-state index contributed by atoms with van der Waals surface area (Å²) in [5.74, 6) is 0.0282. The number of sulfonamides is 1. The number of carbonyl (C=O) groups excluding carboxylic acids is 1. The van der Waals surface area contributed by atoms with Gasteiger partial charge in [0.25, 0.3) is 0 Å². The number of hydrogen-bond donors (Lipinski definition) is 0. The molecule has 1 saturated heterocycles. The van der Waals surface area contributed by atoms with Gasteiger partial charge in [0.15, 0.2) is 0 Å². The molecule has 0 N–H and O–H groups in total. The largest absolute Gasteiger partial charge is 0.342 e. The number of likely N-dealkylation sites (N-methyl/N-ethyl adjacent to an activating group) is 1. The van der Waals surface area contributed by atoms with E-state index in [-0.39, 0.29) is 33.4 Å².